The van der Waals surface area contributed by atoms with E-state index in [4.69, 9.17) is 26.4 Å². The molecule has 0 aliphatic rings. The van der Waals surface area contributed by atoms with Gasteiger partial charge in [-0.2, -0.15) is 0 Å². The van der Waals surface area contributed by atoms with Crippen LogP contribution in [0.1, 0.15) is 26.3 Å². The second kappa shape index (κ2) is 9.87. The quantitative estimate of drug-likeness (QED) is 0.669. The predicted molar refractivity (Wildman–Crippen MR) is 109 cm³/mol. The van der Waals surface area contributed by atoms with Crippen LogP contribution in [0.15, 0.2) is 42.5 Å². The number of benzene rings is 2. The van der Waals surface area contributed by atoms with E-state index < -0.39 is 0 Å². The summed E-state index contributed by atoms with van der Waals surface area (Å²) < 4.78 is 16.5. The highest BCUT2D eigenvalue weighted by Gasteiger charge is 2.06. The molecule has 2 aromatic carbocycles. The highest BCUT2D eigenvalue weighted by Crippen LogP contribution is 2.28. The van der Waals surface area contributed by atoms with Crippen LogP contribution in [0.25, 0.3) is 0 Å². The fourth-order valence-corrected chi connectivity index (χ4v) is 2.54. The van der Waals surface area contributed by atoms with Crippen LogP contribution in [0.4, 0.5) is 5.69 Å². The van der Waals surface area contributed by atoms with Gasteiger partial charge in [-0.25, -0.2) is 0 Å². The zero-order valence-electron chi connectivity index (χ0n) is 15.7. The van der Waals surface area contributed by atoms with Crippen molar-refractivity contribution in [2.45, 2.75) is 33.4 Å². The average molecular weight is 375 g/mol. The van der Waals surface area contributed by atoms with Crippen LogP contribution < -0.4 is 24.8 Å². The first kappa shape index (κ1) is 19.8. The Hall–Kier alpha value is -2.47. The number of nitrogens with one attached hydrogen (secondary N) is 2. The molecule has 6 heteroatoms. The minimum Gasteiger partial charge on any atom is -0.493 e. The van der Waals surface area contributed by atoms with Gasteiger partial charge in [-0.05, 0) is 75.0 Å². The minimum absolute atomic E-state index is 0.155. The van der Waals surface area contributed by atoms with Gasteiger partial charge in [0, 0.05) is 12.2 Å². The predicted octanol–water partition coefficient (Wildman–Crippen LogP) is 4.37. The Morgan fingerprint density at radius 3 is 2.42 bits per heavy atom. The van der Waals surface area contributed by atoms with E-state index >= 15 is 0 Å². The first-order valence-corrected chi connectivity index (χ1v) is 9.04. The maximum atomic E-state index is 5.63. The monoisotopic (exact) mass is 374 g/mol. The van der Waals surface area contributed by atoms with Crippen LogP contribution >= 0.6 is 12.2 Å². The molecule has 0 saturated carbocycles. The van der Waals surface area contributed by atoms with Gasteiger partial charge in [-0.3, -0.25) is 0 Å². The second-order valence-corrected chi connectivity index (χ2v) is 6.33. The molecular weight excluding hydrogens is 348 g/mol. The Bertz CT molecular complexity index is 717. The minimum atomic E-state index is 0.155. The van der Waals surface area contributed by atoms with Gasteiger partial charge in [0.1, 0.15) is 5.75 Å². The maximum Gasteiger partial charge on any atom is 0.171 e. The molecule has 0 fully saturated rings. The van der Waals surface area contributed by atoms with Crippen molar-refractivity contribution in [2.75, 3.05) is 19.0 Å². The van der Waals surface area contributed by atoms with E-state index in [1.807, 2.05) is 63.2 Å². The van der Waals surface area contributed by atoms with E-state index in [-0.39, 0.29) is 6.10 Å². The smallest absolute Gasteiger partial charge is 0.171 e. The summed E-state index contributed by atoms with van der Waals surface area (Å²) in [5, 5.41) is 6.91. The van der Waals surface area contributed by atoms with Crippen molar-refractivity contribution >= 4 is 23.0 Å². The number of ether oxygens (including phenoxy) is 3. The Balaban J connectivity index is 1.89. The van der Waals surface area contributed by atoms with E-state index in [0.29, 0.717) is 18.3 Å². The molecule has 0 atom stereocenters. The molecule has 0 aliphatic heterocycles. The third kappa shape index (κ3) is 6.11. The summed E-state index contributed by atoms with van der Waals surface area (Å²) >= 11 is 5.36. The van der Waals surface area contributed by atoms with E-state index in [1.54, 1.807) is 7.11 Å². The van der Waals surface area contributed by atoms with Crippen LogP contribution in [0.3, 0.4) is 0 Å². The first-order valence-electron chi connectivity index (χ1n) is 8.63. The molecule has 2 rings (SSSR count). The molecule has 0 aliphatic carbocycles. The lowest BCUT2D eigenvalue weighted by Crippen LogP contribution is -2.27. The van der Waals surface area contributed by atoms with E-state index in [1.165, 1.54) is 0 Å². The van der Waals surface area contributed by atoms with Gasteiger partial charge in [0.15, 0.2) is 16.6 Å². The van der Waals surface area contributed by atoms with E-state index in [0.717, 1.165) is 28.5 Å². The highest BCUT2D eigenvalue weighted by atomic mass is 32.1. The van der Waals surface area contributed by atoms with Crippen LogP contribution in [-0.4, -0.2) is 24.9 Å². The highest BCUT2D eigenvalue weighted by molar-refractivity contribution is 7.80. The second-order valence-electron chi connectivity index (χ2n) is 5.92. The van der Waals surface area contributed by atoms with Gasteiger partial charge in [0.05, 0.1) is 19.8 Å². The third-order valence-corrected chi connectivity index (χ3v) is 3.71. The van der Waals surface area contributed by atoms with Crippen molar-refractivity contribution in [3.8, 4) is 17.2 Å². The zero-order valence-corrected chi connectivity index (χ0v) is 16.5. The molecule has 2 aromatic rings. The molecule has 26 heavy (non-hydrogen) atoms. The fraction of sp³-hybridized carbons (Fsp3) is 0.350. The molecular formula is C20H26N2O3S. The summed E-state index contributed by atoms with van der Waals surface area (Å²) in [5.74, 6) is 2.29. The topological polar surface area (TPSA) is 51.8 Å². The van der Waals surface area contributed by atoms with Gasteiger partial charge in [0.25, 0.3) is 0 Å². The maximum absolute atomic E-state index is 5.63. The number of anilines is 1. The lowest BCUT2D eigenvalue weighted by atomic mass is 10.2. The molecule has 140 valence electrons. The van der Waals surface area contributed by atoms with E-state index in [2.05, 4.69) is 10.6 Å². The third-order valence-electron chi connectivity index (χ3n) is 3.46. The van der Waals surface area contributed by atoms with Gasteiger partial charge in [0.2, 0.25) is 0 Å². The van der Waals surface area contributed by atoms with Gasteiger partial charge in [-0.1, -0.05) is 6.07 Å². The van der Waals surface area contributed by atoms with Crippen molar-refractivity contribution in [1.29, 1.82) is 0 Å². The molecule has 0 saturated heterocycles. The summed E-state index contributed by atoms with van der Waals surface area (Å²) in [6, 6.07) is 13.5. The average Bonchev–Trinajstić information content (AvgIpc) is 2.62. The largest absolute Gasteiger partial charge is 0.493 e. The van der Waals surface area contributed by atoms with Gasteiger partial charge >= 0.3 is 0 Å². The molecule has 0 bridgehead atoms. The summed E-state index contributed by atoms with van der Waals surface area (Å²) in [4.78, 5) is 0. The fourth-order valence-electron chi connectivity index (χ4n) is 2.35. The van der Waals surface area contributed by atoms with Crippen molar-refractivity contribution in [1.82, 2.24) is 5.32 Å². The molecule has 0 aromatic heterocycles. The lowest BCUT2D eigenvalue weighted by molar-refractivity contribution is 0.242. The normalized spacial score (nSPS) is 10.3. The summed E-state index contributed by atoms with van der Waals surface area (Å²) in [6.07, 6.45) is 0.155. The molecule has 0 spiro atoms. The number of hydrogen-bond acceptors (Lipinski definition) is 4. The molecule has 5 nitrogen and oxygen atoms in total. The SMILES string of the molecule is CCOc1cc(CNC(=S)Nc2ccc(OC(C)C)cc2)ccc1OC. The van der Waals surface area contributed by atoms with Gasteiger partial charge in [-0.15, -0.1) is 0 Å². The summed E-state index contributed by atoms with van der Waals surface area (Å²) in [6.45, 7) is 7.12. The standard InChI is InChI=1S/C20H26N2O3S/c1-5-24-19-12-15(6-11-18(19)23-4)13-21-20(26)22-16-7-9-17(10-8-16)25-14(2)3/h6-12,14H,5,13H2,1-4H3,(H2,21,22,26). The van der Waals surface area contributed by atoms with Crippen LogP contribution in [0.2, 0.25) is 0 Å². The van der Waals surface area contributed by atoms with Gasteiger partial charge < -0.3 is 24.8 Å². The van der Waals surface area contributed by atoms with Crippen LogP contribution in [-0.2, 0) is 6.54 Å². The Morgan fingerprint density at radius 2 is 1.81 bits per heavy atom. The Kier molecular flexibility index (Phi) is 7.53. The first-order chi connectivity index (χ1) is 12.5. The zero-order chi connectivity index (χ0) is 18.9. The lowest BCUT2D eigenvalue weighted by Gasteiger charge is -2.14. The van der Waals surface area contributed by atoms with Crippen LogP contribution in [0, 0.1) is 0 Å². The van der Waals surface area contributed by atoms with Crippen LogP contribution in [0.5, 0.6) is 17.2 Å². The number of rotatable bonds is 8. The molecule has 0 amide bonds. The van der Waals surface area contributed by atoms with E-state index in [9.17, 15) is 0 Å². The van der Waals surface area contributed by atoms with Crippen molar-refractivity contribution in [3.05, 3.63) is 48.0 Å². The number of methoxy groups -OCH3 is 1. The molecule has 0 heterocycles. The number of thiocarbonyl (C=S) groups is 1. The van der Waals surface area contributed by atoms with Crippen molar-refractivity contribution in [3.63, 3.8) is 0 Å². The molecule has 0 radical (unpaired) electrons. The Labute approximate surface area is 160 Å². The summed E-state index contributed by atoms with van der Waals surface area (Å²) in [7, 11) is 1.63. The Morgan fingerprint density at radius 1 is 1.08 bits per heavy atom. The molecule has 0 unspecified atom stereocenters. The molecule has 2 N–H and O–H groups in total. The number of hydrogen-bond donors (Lipinski definition) is 2. The summed E-state index contributed by atoms with van der Waals surface area (Å²) in [5.41, 5.74) is 1.96. The van der Waals surface area contributed by atoms with Crippen molar-refractivity contribution < 1.29 is 14.2 Å². The van der Waals surface area contributed by atoms with Crippen molar-refractivity contribution in [2.24, 2.45) is 0 Å².